The number of nitrogens with one attached hydrogen (secondary N) is 1. The molecular weight excluding hydrogens is 441 g/mol. The van der Waals surface area contributed by atoms with Crippen molar-refractivity contribution in [2.45, 2.75) is 42.8 Å². The lowest BCUT2D eigenvalue weighted by atomic mass is 9.87. The first-order valence-electron chi connectivity index (χ1n) is 10.2. The second kappa shape index (κ2) is 8.93. The normalized spacial score (nSPS) is 19.1. The number of carbonyl (C=O) groups excluding carboxylic acids is 2. The van der Waals surface area contributed by atoms with E-state index in [-0.39, 0.29) is 17.7 Å². The molecule has 0 unspecified atom stereocenters. The first-order valence-corrected chi connectivity index (χ1v) is 11.4. The lowest BCUT2D eigenvalue weighted by Gasteiger charge is -2.25. The molecule has 168 valence electrons. The third-order valence-electron chi connectivity index (χ3n) is 5.67. The summed E-state index contributed by atoms with van der Waals surface area (Å²) in [6.45, 7) is 0. The van der Waals surface area contributed by atoms with Gasteiger partial charge in [-0.25, -0.2) is 4.98 Å². The van der Waals surface area contributed by atoms with Crippen LogP contribution in [0.4, 0.5) is 18.9 Å². The highest BCUT2D eigenvalue weighted by atomic mass is 32.2. The molecule has 1 N–H and O–H groups in total. The summed E-state index contributed by atoms with van der Waals surface area (Å²) in [5.41, 5.74) is -0.175. The Labute approximate surface area is 186 Å². The van der Waals surface area contributed by atoms with Gasteiger partial charge in [0, 0.05) is 22.4 Å². The molecule has 1 aliphatic rings. The summed E-state index contributed by atoms with van der Waals surface area (Å²) in [6, 6.07) is 7.06. The number of thioether (sulfide) groups is 1. The maximum atomic E-state index is 12.9. The zero-order valence-electron chi connectivity index (χ0n) is 17.2. The van der Waals surface area contributed by atoms with E-state index in [0.717, 1.165) is 59.9 Å². The van der Waals surface area contributed by atoms with Crippen LogP contribution in [0, 0.1) is 5.92 Å². The number of amides is 1. The van der Waals surface area contributed by atoms with Crippen molar-refractivity contribution < 1.29 is 22.8 Å². The predicted octanol–water partition coefficient (Wildman–Crippen LogP) is 5.35. The molecule has 4 rings (SSSR count). The van der Waals surface area contributed by atoms with Gasteiger partial charge in [0.2, 0.25) is 0 Å². The Morgan fingerprint density at radius 2 is 1.97 bits per heavy atom. The number of rotatable bonds is 5. The van der Waals surface area contributed by atoms with E-state index in [4.69, 9.17) is 0 Å². The van der Waals surface area contributed by atoms with Crippen molar-refractivity contribution in [3.8, 4) is 0 Å². The number of aldehydes is 1. The van der Waals surface area contributed by atoms with Crippen molar-refractivity contribution in [3.05, 3.63) is 47.9 Å². The monoisotopic (exact) mass is 462 g/mol. The van der Waals surface area contributed by atoms with Crippen molar-refractivity contribution in [2.75, 3.05) is 11.6 Å². The number of pyridine rings is 1. The molecule has 1 aliphatic carbocycles. The summed E-state index contributed by atoms with van der Waals surface area (Å²) in [4.78, 5) is 27.8. The van der Waals surface area contributed by atoms with Crippen LogP contribution in [0.3, 0.4) is 0 Å². The number of alkyl halides is 3. The highest BCUT2D eigenvalue weighted by Gasteiger charge is 2.33. The molecule has 0 saturated heterocycles. The smallest absolute Gasteiger partial charge is 0.320 e. The van der Waals surface area contributed by atoms with E-state index < -0.39 is 17.8 Å². The molecule has 10 heteroatoms. The quantitative estimate of drug-likeness (QED) is 0.408. The zero-order valence-corrected chi connectivity index (χ0v) is 18.0. The van der Waals surface area contributed by atoms with Crippen LogP contribution in [0.25, 0.3) is 10.9 Å². The number of hydrogen-bond acceptors (Lipinski definition) is 5. The molecular formula is C22H21F3N4O2S. The summed E-state index contributed by atoms with van der Waals surface area (Å²) in [5.74, 6) is -0.601. The minimum absolute atomic E-state index is 0.116. The van der Waals surface area contributed by atoms with Crippen molar-refractivity contribution in [1.29, 1.82) is 0 Å². The lowest BCUT2D eigenvalue weighted by Crippen LogP contribution is -2.19. The standard InChI is InChI=1S/C22H21F3N4O2S/c1-32-19-10-17-14(11-29(28-17)15-7-5-13(12-30)6-8-15)9-18(19)27-21(31)16-3-2-4-20(26-16)22(23,24)25/h2-4,9-13,15H,5-8H2,1H3,(H,27,31)/t13-,15-. The van der Waals surface area contributed by atoms with E-state index >= 15 is 0 Å². The molecule has 1 fully saturated rings. The van der Waals surface area contributed by atoms with Gasteiger partial charge in [-0.1, -0.05) is 6.07 Å². The van der Waals surface area contributed by atoms with Gasteiger partial charge in [0.15, 0.2) is 0 Å². The minimum Gasteiger partial charge on any atom is -0.320 e. The molecule has 1 saturated carbocycles. The number of benzene rings is 1. The lowest BCUT2D eigenvalue weighted by molar-refractivity contribution is -0.141. The van der Waals surface area contributed by atoms with Crippen LogP contribution in [-0.2, 0) is 11.0 Å². The maximum Gasteiger partial charge on any atom is 0.433 e. The fraction of sp³-hybridized carbons (Fsp3) is 0.364. The van der Waals surface area contributed by atoms with E-state index in [1.807, 2.05) is 23.2 Å². The molecule has 0 spiro atoms. The van der Waals surface area contributed by atoms with Gasteiger partial charge < -0.3 is 10.1 Å². The van der Waals surface area contributed by atoms with Crippen molar-refractivity contribution in [2.24, 2.45) is 5.92 Å². The van der Waals surface area contributed by atoms with Crippen LogP contribution >= 0.6 is 11.8 Å². The second-order valence-electron chi connectivity index (χ2n) is 7.79. The SMILES string of the molecule is CSc1cc2nn([C@H]3CC[C@H](C=O)CC3)cc2cc1NC(=O)c1cccc(C(F)(F)F)n1. The average Bonchev–Trinajstić information content (AvgIpc) is 3.21. The highest BCUT2D eigenvalue weighted by Crippen LogP contribution is 2.35. The maximum absolute atomic E-state index is 12.9. The molecule has 1 amide bonds. The molecule has 0 bridgehead atoms. The number of carbonyl (C=O) groups is 2. The summed E-state index contributed by atoms with van der Waals surface area (Å²) in [7, 11) is 0. The molecule has 2 heterocycles. The van der Waals surface area contributed by atoms with Gasteiger partial charge in [-0.3, -0.25) is 9.48 Å². The Morgan fingerprint density at radius 3 is 2.62 bits per heavy atom. The van der Waals surface area contributed by atoms with Gasteiger partial charge in [0.1, 0.15) is 17.7 Å². The van der Waals surface area contributed by atoms with E-state index in [1.54, 1.807) is 6.07 Å². The van der Waals surface area contributed by atoms with Gasteiger partial charge in [-0.05, 0) is 56.2 Å². The van der Waals surface area contributed by atoms with E-state index in [9.17, 15) is 22.8 Å². The number of nitrogens with zero attached hydrogens (tertiary/aromatic N) is 3. The first-order chi connectivity index (χ1) is 15.3. The van der Waals surface area contributed by atoms with Gasteiger partial charge in [-0.2, -0.15) is 18.3 Å². The number of fused-ring (bicyclic) bond motifs is 1. The molecule has 0 radical (unpaired) electrons. The van der Waals surface area contributed by atoms with Gasteiger partial charge in [0.05, 0.1) is 17.2 Å². The van der Waals surface area contributed by atoms with E-state index in [0.29, 0.717) is 5.69 Å². The number of hydrogen-bond donors (Lipinski definition) is 1. The van der Waals surface area contributed by atoms with Crippen LogP contribution in [-0.4, -0.2) is 33.2 Å². The largest absolute Gasteiger partial charge is 0.433 e. The molecule has 0 atom stereocenters. The van der Waals surface area contributed by atoms with Crippen LogP contribution in [0.5, 0.6) is 0 Å². The Balaban J connectivity index is 1.59. The number of anilines is 1. The third kappa shape index (κ3) is 4.64. The van der Waals surface area contributed by atoms with Crippen molar-refractivity contribution in [3.63, 3.8) is 0 Å². The number of halogens is 3. The molecule has 3 aromatic rings. The number of aromatic nitrogens is 3. The second-order valence-corrected chi connectivity index (χ2v) is 8.63. The third-order valence-corrected chi connectivity index (χ3v) is 6.45. The molecule has 32 heavy (non-hydrogen) atoms. The topological polar surface area (TPSA) is 76.9 Å². The van der Waals surface area contributed by atoms with Crippen LogP contribution in [0.1, 0.15) is 47.9 Å². The molecule has 2 aromatic heterocycles. The predicted molar refractivity (Wildman–Crippen MR) is 116 cm³/mol. The fourth-order valence-corrected chi connectivity index (χ4v) is 4.49. The minimum atomic E-state index is -4.63. The average molecular weight is 462 g/mol. The van der Waals surface area contributed by atoms with Crippen LogP contribution in [0.2, 0.25) is 0 Å². The summed E-state index contributed by atoms with van der Waals surface area (Å²) in [6.07, 6.45) is 3.57. The van der Waals surface area contributed by atoms with E-state index in [1.165, 1.54) is 17.8 Å². The molecule has 6 nitrogen and oxygen atoms in total. The van der Waals surface area contributed by atoms with Crippen molar-refractivity contribution in [1.82, 2.24) is 14.8 Å². The van der Waals surface area contributed by atoms with E-state index in [2.05, 4.69) is 15.4 Å². The van der Waals surface area contributed by atoms with Gasteiger partial charge in [0.25, 0.3) is 5.91 Å². The van der Waals surface area contributed by atoms with Gasteiger partial charge in [-0.15, -0.1) is 11.8 Å². The van der Waals surface area contributed by atoms with Crippen LogP contribution in [0.15, 0.2) is 41.4 Å². The fourth-order valence-electron chi connectivity index (χ4n) is 3.93. The Kier molecular flexibility index (Phi) is 6.23. The highest BCUT2D eigenvalue weighted by molar-refractivity contribution is 7.98. The summed E-state index contributed by atoms with van der Waals surface area (Å²) < 4.78 is 40.7. The Hall–Kier alpha value is -2.88. The Bertz CT molecular complexity index is 1150. The first kappa shape index (κ1) is 22.3. The molecule has 0 aliphatic heterocycles. The van der Waals surface area contributed by atoms with Gasteiger partial charge >= 0.3 is 6.18 Å². The molecule has 1 aromatic carbocycles. The van der Waals surface area contributed by atoms with Crippen molar-refractivity contribution >= 4 is 40.5 Å². The Morgan fingerprint density at radius 1 is 1.22 bits per heavy atom. The van der Waals surface area contributed by atoms with Crippen LogP contribution < -0.4 is 5.32 Å². The summed E-state index contributed by atoms with van der Waals surface area (Å²) in [5, 5.41) is 8.18. The summed E-state index contributed by atoms with van der Waals surface area (Å²) >= 11 is 1.40. The zero-order chi connectivity index (χ0) is 22.9.